The minimum Gasteiger partial charge on any atom is -0.315 e. The number of hydrogen-bond acceptors (Lipinski definition) is 2. The maximum absolute atomic E-state index is 4.24. The summed E-state index contributed by atoms with van der Waals surface area (Å²) >= 11 is 0. The van der Waals surface area contributed by atoms with Crippen molar-refractivity contribution in [2.24, 2.45) is 11.8 Å². The van der Waals surface area contributed by atoms with Gasteiger partial charge < -0.3 is 4.57 Å². The van der Waals surface area contributed by atoms with Gasteiger partial charge in [-0.15, -0.1) is 10.2 Å². The van der Waals surface area contributed by atoms with Gasteiger partial charge in [0.1, 0.15) is 11.6 Å². The Morgan fingerprint density at radius 3 is 2.64 bits per heavy atom. The zero-order valence-electron chi connectivity index (χ0n) is 9.49. The molecule has 2 bridgehead atoms. The quantitative estimate of drug-likeness (QED) is 0.633. The largest absolute Gasteiger partial charge is 0.315 e. The highest BCUT2D eigenvalue weighted by Gasteiger charge is 2.45. The monoisotopic (exact) mass is 193 g/mol. The molecule has 78 valence electrons. The van der Waals surface area contributed by atoms with Crippen LogP contribution in [-0.2, 0) is 6.54 Å². The van der Waals surface area contributed by atoms with Gasteiger partial charge in [-0.25, -0.2) is 0 Å². The molecule has 3 nitrogen and oxygen atoms in total. The van der Waals surface area contributed by atoms with Crippen LogP contribution in [0.4, 0.5) is 0 Å². The highest BCUT2D eigenvalue weighted by atomic mass is 15.3. The molecular weight excluding hydrogens is 174 g/mol. The first-order chi connectivity index (χ1) is 6.77. The van der Waals surface area contributed by atoms with Crippen LogP contribution in [-0.4, -0.2) is 14.8 Å². The van der Waals surface area contributed by atoms with Crippen LogP contribution in [0.15, 0.2) is 0 Å². The van der Waals surface area contributed by atoms with Gasteiger partial charge in [0.15, 0.2) is 0 Å². The fraction of sp³-hybridized carbons (Fsp3) is 0.818. The molecule has 1 aromatic rings. The topological polar surface area (TPSA) is 30.7 Å². The van der Waals surface area contributed by atoms with Gasteiger partial charge in [-0.1, -0.05) is 20.8 Å². The number of aryl methyl sites for hydroxylation is 1. The van der Waals surface area contributed by atoms with Crippen LogP contribution < -0.4 is 0 Å². The summed E-state index contributed by atoms with van der Waals surface area (Å²) < 4.78 is 2.29. The summed E-state index contributed by atoms with van der Waals surface area (Å²) in [6, 6.07) is 0. The molecule has 2 aliphatic heterocycles. The highest BCUT2D eigenvalue weighted by molar-refractivity contribution is 5.14. The highest BCUT2D eigenvalue weighted by Crippen LogP contribution is 2.51. The van der Waals surface area contributed by atoms with Gasteiger partial charge in [0.25, 0.3) is 0 Å². The van der Waals surface area contributed by atoms with Gasteiger partial charge in [-0.05, 0) is 25.2 Å². The Balaban J connectivity index is 0.000000354. The van der Waals surface area contributed by atoms with E-state index in [1.165, 1.54) is 12.2 Å². The third-order valence-corrected chi connectivity index (χ3v) is 3.65. The van der Waals surface area contributed by atoms with Crippen molar-refractivity contribution >= 4 is 0 Å². The molecule has 1 saturated carbocycles. The van der Waals surface area contributed by atoms with E-state index in [4.69, 9.17) is 0 Å². The molecule has 0 saturated heterocycles. The summed E-state index contributed by atoms with van der Waals surface area (Å²) in [6.07, 6.45) is 1.35. The fourth-order valence-electron chi connectivity index (χ4n) is 2.60. The molecule has 3 atom stereocenters. The molecule has 3 unspecified atom stereocenters. The number of aromatic nitrogens is 3. The average Bonchev–Trinajstić information content (AvgIpc) is 2.63. The fourth-order valence-corrected chi connectivity index (χ4v) is 2.60. The Bertz CT molecular complexity index is 329. The predicted molar refractivity (Wildman–Crippen MR) is 56.1 cm³/mol. The Morgan fingerprint density at radius 1 is 1.29 bits per heavy atom. The van der Waals surface area contributed by atoms with Crippen LogP contribution in [0.25, 0.3) is 0 Å². The molecule has 14 heavy (non-hydrogen) atoms. The molecule has 0 N–H and O–H groups in total. The third kappa shape index (κ3) is 1.11. The lowest BCUT2D eigenvalue weighted by Gasteiger charge is -2.47. The molecule has 3 heterocycles. The van der Waals surface area contributed by atoms with Crippen LogP contribution in [0, 0.1) is 18.8 Å². The summed E-state index contributed by atoms with van der Waals surface area (Å²) in [6.45, 7) is 9.55. The second kappa shape index (κ2) is 3.37. The van der Waals surface area contributed by atoms with Gasteiger partial charge in [0, 0.05) is 12.5 Å². The van der Waals surface area contributed by atoms with Crippen molar-refractivity contribution in [3.05, 3.63) is 11.6 Å². The number of rotatable bonds is 0. The van der Waals surface area contributed by atoms with E-state index >= 15 is 0 Å². The molecule has 4 rings (SSSR count). The summed E-state index contributed by atoms with van der Waals surface area (Å²) in [5, 5.41) is 8.36. The predicted octanol–water partition coefficient (Wildman–Crippen LogP) is 2.37. The molecule has 0 radical (unpaired) electrons. The van der Waals surface area contributed by atoms with E-state index in [9.17, 15) is 0 Å². The molecule has 1 fully saturated rings. The zero-order chi connectivity index (χ0) is 10.3. The molecule has 1 aromatic heterocycles. The van der Waals surface area contributed by atoms with Crippen molar-refractivity contribution in [2.75, 3.05) is 0 Å². The van der Waals surface area contributed by atoms with Crippen molar-refractivity contribution in [3.8, 4) is 0 Å². The Morgan fingerprint density at radius 2 is 2.00 bits per heavy atom. The van der Waals surface area contributed by atoms with E-state index in [0.29, 0.717) is 5.92 Å². The molecular formula is C11H19N3. The number of nitrogens with zero attached hydrogens (tertiary/aromatic N) is 3. The molecule has 0 amide bonds. The smallest absolute Gasteiger partial charge is 0.136 e. The third-order valence-electron chi connectivity index (χ3n) is 3.65. The lowest BCUT2D eigenvalue weighted by atomic mass is 9.63. The minimum absolute atomic E-state index is 0.713. The zero-order valence-corrected chi connectivity index (χ0v) is 9.49. The second-order valence-electron chi connectivity index (χ2n) is 4.18. The van der Waals surface area contributed by atoms with E-state index in [0.717, 1.165) is 24.2 Å². The first kappa shape index (κ1) is 9.69. The average molecular weight is 193 g/mol. The maximum Gasteiger partial charge on any atom is 0.136 e. The second-order valence-corrected chi connectivity index (χ2v) is 4.18. The van der Waals surface area contributed by atoms with Crippen molar-refractivity contribution in [3.63, 3.8) is 0 Å². The normalized spacial score (nSPS) is 32.4. The van der Waals surface area contributed by atoms with Gasteiger partial charge >= 0.3 is 0 Å². The Kier molecular flexibility index (Phi) is 2.33. The summed E-state index contributed by atoms with van der Waals surface area (Å²) in [5.41, 5.74) is 0. The molecule has 1 aliphatic carbocycles. The Hall–Kier alpha value is -0.860. The van der Waals surface area contributed by atoms with Crippen molar-refractivity contribution < 1.29 is 0 Å². The summed E-state index contributed by atoms with van der Waals surface area (Å²) in [7, 11) is 0. The van der Waals surface area contributed by atoms with Gasteiger partial charge in [-0.3, -0.25) is 0 Å². The van der Waals surface area contributed by atoms with E-state index in [-0.39, 0.29) is 0 Å². The van der Waals surface area contributed by atoms with Crippen LogP contribution in [0.5, 0.6) is 0 Å². The van der Waals surface area contributed by atoms with Crippen LogP contribution in [0.3, 0.4) is 0 Å². The minimum atomic E-state index is 0.713. The van der Waals surface area contributed by atoms with Crippen molar-refractivity contribution in [2.45, 2.75) is 46.6 Å². The first-order valence-corrected chi connectivity index (χ1v) is 5.67. The van der Waals surface area contributed by atoms with E-state index in [2.05, 4.69) is 21.7 Å². The van der Waals surface area contributed by atoms with Crippen LogP contribution in [0.1, 0.15) is 44.8 Å². The van der Waals surface area contributed by atoms with Crippen LogP contribution >= 0.6 is 0 Å². The SMILES string of the molecule is CC.Cc1nnc2n1CC1CC2C1C. The molecule has 0 spiro atoms. The van der Waals surface area contributed by atoms with E-state index < -0.39 is 0 Å². The standard InChI is InChI=1S/C9H13N3.C2H6/c1-5-7-3-8(5)9-11-10-6(2)12(9)4-7;1-2/h5,7-8H,3-4H2,1-2H3;1-2H3. The van der Waals surface area contributed by atoms with Crippen molar-refractivity contribution in [1.82, 2.24) is 14.8 Å². The Labute approximate surface area is 85.5 Å². The van der Waals surface area contributed by atoms with Crippen LogP contribution in [0.2, 0.25) is 0 Å². The van der Waals surface area contributed by atoms with Crippen molar-refractivity contribution in [1.29, 1.82) is 0 Å². The molecule has 3 aliphatic rings. The molecule has 0 aromatic carbocycles. The van der Waals surface area contributed by atoms with E-state index in [1.54, 1.807) is 0 Å². The van der Waals surface area contributed by atoms with Gasteiger partial charge in [-0.2, -0.15) is 0 Å². The summed E-state index contributed by atoms with van der Waals surface area (Å²) in [4.78, 5) is 0. The lowest BCUT2D eigenvalue weighted by Crippen LogP contribution is -2.42. The lowest BCUT2D eigenvalue weighted by molar-refractivity contribution is 0.0854. The van der Waals surface area contributed by atoms with Gasteiger partial charge in [0.05, 0.1) is 0 Å². The first-order valence-electron chi connectivity index (χ1n) is 5.67. The number of hydrogen-bond donors (Lipinski definition) is 0. The maximum atomic E-state index is 4.24. The molecule has 3 heteroatoms. The summed E-state index contributed by atoms with van der Waals surface area (Å²) in [5.74, 6) is 4.79. The van der Waals surface area contributed by atoms with E-state index in [1.807, 2.05) is 20.8 Å². The van der Waals surface area contributed by atoms with Gasteiger partial charge in [0.2, 0.25) is 0 Å².